The van der Waals surface area contributed by atoms with Gasteiger partial charge in [-0.3, -0.25) is 4.79 Å². The van der Waals surface area contributed by atoms with E-state index in [1.54, 1.807) is 0 Å². The Morgan fingerprint density at radius 2 is 2.04 bits per heavy atom. The lowest BCUT2D eigenvalue weighted by atomic mass is 9.93. The third kappa shape index (κ3) is 3.83. The number of rotatable bonds is 4. The zero-order valence-corrected chi connectivity index (χ0v) is 16.0. The van der Waals surface area contributed by atoms with Crippen LogP contribution in [0.1, 0.15) is 58.6 Å². The molecule has 0 unspecified atom stereocenters. The Kier molecular flexibility index (Phi) is 5.36. The maximum atomic E-state index is 12.6. The third-order valence-corrected chi connectivity index (χ3v) is 6.50. The number of carbonyl (C=O) groups is 1. The molecule has 1 amide bonds. The zero-order valence-electron chi connectivity index (χ0n) is 15.1. The second kappa shape index (κ2) is 7.88. The number of ether oxygens (including phenoxy) is 1. The minimum Gasteiger partial charge on any atom is -0.381 e. The van der Waals surface area contributed by atoms with E-state index in [0.717, 1.165) is 80.6 Å². The molecule has 2 fully saturated rings. The second-order valence-corrected chi connectivity index (χ2v) is 8.22. The van der Waals surface area contributed by atoms with Crippen molar-refractivity contribution < 1.29 is 14.1 Å². The van der Waals surface area contributed by atoms with E-state index in [0.29, 0.717) is 11.8 Å². The highest BCUT2D eigenvalue weighted by atomic mass is 32.1. The molecule has 7 heteroatoms. The van der Waals surface area contributed by atoms with Crippen molar-refractivity contribution in [2.24, 2.45) is 5.92 Å². The molecular weight excluding hydrogens is 350 g/mol. The smallest absolute Gasteiger partial charge is 0.264 e. The Bertz CT molecular complexity index is 743. The summed E-state index contributed by atoms with van der Waals surface area (Å²) in [6.07, 6.45) is 4.75. The summed E-state index contributed by atoms with van der Waals surface area (Å²) in [7, 11) is 0. The predicted octanol–water partition coefficient (Wildman–Crippen LogP) is 3.43. The van der Waals surface area contributed by atoms with Crippen molar-refractivity contribution in [2.45, 2.75) is 44.9 Å². The normalized spacial score (nSPS) is 19.8. The Balaban J connectivity index is 1.29. The first-order chi connectivity index (χ1) is 12.7. The van der Waals surface area contributed by atoms with Gasteiger partial charge in [0.05, 0.1) is 4.88 Å². The minimum atomic E-state index is 0.176. The summed E-state index contributed by atoms with van der Waals surface area (Å²) in [4.78, 5) is 20.1. The molecule has 2 saturated heterocycles. The molecule has 2 aliphatic rings. The van der Waals surface area contributed by atoms with Crippen molar-refractivity contribution in [2.75, 3.05) is 26.3 Å². The fourth-order valence-electron chi connectivity index (χ4n) is 3.80. The van der Waals surface area contributed by atoms with Gasteiger partial charge in [-0.15, -0.1) is 11.3 Å². The Labute approximate surface area is 157 Å². The Morgan fingerprint density at radius 1 is 1.27 bits per heavy atom. The van der Waals surface area contributed by atoms with Gasteiger partial charge in [0, 0.05) is 38.6 Å². The molecule has 0 radical (unpaired) electrons. The Morgan fingerprint density at radius 3 is 2.73 bits per heavy atom. The van der Waals surface area contributed by atoms with Crippen LogP contribution in [0, 0.1) is 12.8 Å². The van der Waals surface area contributed by atoms with Gasteiger partial charge in [0.2, 0.25) is 5.89 Å². The number of aromatic nitrogens is 2. The van der Waals surface area contributed by atoms with Crippen molar-refractivity contribution in [3.63, 3.8) is 0 Å². The number of amides is 1. The number of nitrogens with zero attached hydrogens (tertiary/aromatic N) is 3. The summed E-state index contributed by atoms with van der Waals surface area (Å²) in [5, 5.41) is 6.17. The van der Waals surface area contributed by atoms with Gasteiger partial charge in [0.1, 0.15) is 0 Å². The summed E-state index contributed by atoms with van der Waals surface area (Å²) < 4.78 is 10.9. The van der Waals surface area contributed by atoms with E-state index in [9.17, 15) is 4.79 Å². The second-order valence-electron chi connectivity index (χ2n) is 7.31. The first kappa shape index (κ1) is 17.7. The largest absolute Gasteiger partial charge is 0.381 e. The molecule has 2 aliphatic heterocycles. The average Bonchev–Trinajstić information content (AvgIpc) is 3.32. The van der Waals surface area contributed by atoms with Crippen LogP contribution in [-0.4, -0.2) is 47.3 Å². The molecule has 2 aromatic heterocycles. The lowest BCUT2D eigenvalue weighted by Gasteiger charge is -2.31. The van der Waals surface area contributed by atoms with Crippen LogP contribution in [-0.2, 0) is 11.2 Å². The van der Waals surface area contributed by atoms with E-state index in [2.05, 4.69) is 10.1 Å². The van der Waals surface area contributed by atoms with E-state index in [1.165, 1.54) is 11.3 Å². The lowest BCUT2D eigenvalue weighted by Crippen LogP contribution is -2.38. The number of hydrogen-bond acceptors (Lipinski definition) is 6. The standard InChI is InChI=1S/C19H25N3O3S/c1-13-6-11-26-17(13)19(23)22-7-2-14(3-8-22)12-16-20-18(21-25-16)15-4-9-24-10-5-15/h6,11,14-15H,2-5,7-10,12H2,1H3. The number of thiophene rings is 1. The van der Waals surface area contributed by atoms with Gasteiger partial charge < -0.3 is 14.2 Å². The molecule has 0 aromatic carbocycles. The van der Waals surface area contributed by atoms with E-state index >= 15 is 0 Å². The highest BCUT2D eigenvalue weighted by molar-refractivity contribution is 7.12. The summed E-state index contributed by atoms with van der Waals surface area (Å²) >= 11 is 1.54. The molecule has 4 rings (SSSR count). The molecule has 0 saturated carbocycles. The van der Waals surface area contributed by atoms with Crippen LogP contribution in [0.2, 0.25) is 0 Å². The zero-order chi connectivity index (χ0) is 17.9. The SMILES string of the molecule is Cc1ccsc1C(=O)N1CCC(Cc2nc(C3CCOCC3)no2)CC1. The number of likely N-dealkylation sites (tertiary alicyclic amines) is 1. The molecule has 0 aliphatic carbocycles. The summed E-state index contributed by atoms with van der Waals surface area (Å²) in [6, 6.07) is 2.01. The van der Waals surface area contributed by atoms with Crippen LogP contribution in [0.15, 0.2) is 16.0 Å². The van der Waals surface area contributed by atoms with Crippen LogP contribution < -0.4 is 0 Å². The monoisotopic (exact) mass is 375 g/mol. The van der Waals surface area contributed by atoms with Gasteiger partial charge in [-0.1, -0.05) is 5.16 Å². The molecule has 2 aromatic rings. The van der Waals surface area contributed by atoms with Gasteiger partial charge in [0.15, 0.2) is 5.82 Å². The summed E-state index contributed by atoms with van der Waals surface area (Å²) in [5.41, 5.74) is 1.08. The minimum absolute atomic E-state index is 0.176. The van der Waals surface area contributed by atoms with Crippen LogP contribution in [0.5, 0.6) is 0 Å². The molecule has 0 N–H and O–H groups in total. The fourth-order valence-corrected chi connectivity index (χ4v) is 4.69. The van der Waals surface area contributed by atoms with Crippen molar-refractivity contribution in [3.8, 4) is 0 Å². The van der Waals surface area contributed by atoms with E-state index < -0.39 is 0 Å². The van der Waals surface area contributed by atoms with Crippen LogP contribution in [0.3, 0.4) is 0 Å². The molecule has 0 spiro atoms. The fraction of sp³-hybridized carbons (Fsp3) is 0.632. The van der Waals surface area contributed by atoms with Crippen LogP contribution >= 0.6 is 11.3 Å². The number of aryl methyl sites for hydroxylation is 1. The van der Waals surface area contributed by atoms with Crippen molar-refractivity contribution in [1.82, 2.24) is 15.0 Å². The van der Waals surface area contributed by atoms with Gasteiger partial charge in [-0.2, -0.15) is 4.98 Å². The van der Waals surface area contributed by atoms with E-state index in [1.807, 2.05) is 23.3 Å². The highest BCUT2D eigenvalue weighted by Gasteiger charge is 2.27. The highest BCUT2D eigenvalue weighted by Crippen LogP contribution is 2.27. The van der Waals surface area contributed by atoms with E-state index in [4.69, 9.17) is 9.26 Å². The predicted molar refractivity (Wildman–Crippen MR) is 98.5 cm³/mol. The maximum absolute atomic E-state index is 12.6. The Hall–Kier alpha value is -1.73. The summed E-state index contributed by atoms with van der Waals surface area (Å²) in [6.45, 7) is 5.18. The number of piperidine rings is 1. The van der Waals surface area contributed by atoms with Crippen molar-refractivity contribution in [3.05, 3.63) is 33.6 Å². The van der Waals surface area contributed by atoms with Gasteiger partial charge in [-0.05, 0) is 55.5 Å². The third-order valence-electron chi connectivity index (χ3n) is 5.49. The average molecular weight is 375 g/mol. The van der Waals surface area contributed by atoms with Crippen molar-refractivity contribution in [1.29, 1.82) is 0 Å². The quantitative estimate of drug-likeness (QED) is 0.819. The van der Waals surface area contributed by atoms with Crippen LogP contribution in [0.4, 0.5) is 0 Å². The first-order valence-electron chi connectivity index (χ1n) is 9.44. The van der Waals surface area contributed by atoms with Crippen molar-refractivity contribution >= 4 is 17.2 Å². The maximum Gasteiger partial charge on any atom is 0.264 e. The van der Waals surface area contributed by atoms with Gasteiger partial charge >= 0.3 is 0 Å². The lowest BCUT2D eigenvalue weighted by molar-refractivity contribution is 0.0691. The number of hydrogen-bond donors (Lipinski definition) is 0. The van der Waals surface area contributed by atoms with Gasteiger partial charge in [0.25, 0.3) is 5.91 Å². The topological polar surface area (TPSA) is 68.5 Å². The van der Waals surface area contributed by atoms with Gasteiger partial charge in [-0.25, -0.2) is 0 Å². The number of carbonyl (C=O) groups excluding carboxylic acids is 1. The molecule has 0 atom stereocenters. The molecule has 26 heavy (non-hydrogen) atoms. The summed E-state index contributed by atoms with van der Waals surface area (Å²) in [5.74, 6) is 2.63. The van der Waals surface area contributed by atoms with Crippen LogP contribution in [0.25, 0.3) is 0 Å². The molecule has 0 bridgehead atoms. The molecule has 4 heterocycles. The molecular formula is C19H25N3O3S. The van der Waals surface area contributed by atoms with E-state index in [-0.39, 0.29) is 5.91 Å². The first-order valence-corrected chi connectivity index (χ1v) is 10.3. The molecule has 6 nitrogen and oxygen atoms in total. The molecule has 140 valence electrons.